The highest BCUT2D eigenvalue weighted by Gasteiger charge is 2.53. The summed E-state index contributed by atoms with van der Waals surface area (Å²) in [5, 5.41) is 6.68. The summed E-state index contributed by atoms with van der Waals surface area (Å²) < 4.78 is 25.0. The number of fused-ring (bicyclic) bond motifs is 2. The van der Waals surface area contributed by atoms with Crippen LogP contribution in [0.5, 0.6) is 17.2 Å². The van der Waals surface area contributed by atoms with Crippen molar-refractivity contribution >= 4 is 35.5 Å². The summed E-state index contributed by atoms with van der Waals surface area (Å²) in [5.41, 5.74) is 12.1. The maximum atomic E-state index is 14.1. The van der Waals surface area contributed by atoms with Crippen molar-refractivity contribution in [3.63, 3.8) is 0 Å². The summed E-state index contributed by atoms with van der Waals surface area (Å²) in [5.74, 6) is 1.62. The molecule has 2 fully saturated rings. The Hall–Kier alpha value is -5.38. The van der Waals surface area contributed by atoms with E-state index in [1.165, 1.54) is 4.90 Å². The van der Waals surface area contributed by atoms with Crippen LogP contribution >= 0.6 is 0 Å². The van der Waals surface area contributed by atoms with Crippen LogP contribution < -0.4 is 36.3 Å². The molecule has 352 valence electrons. The van der Waals surface area contributed by atoms with Gasteiger partial charge in [0, 0.05) is 56.5 Å². The number of carbonyl (C=O) groups is 4. The monoisotopic (exact) mass is 897 g/mol. The predicted octanol–water partition coefficient (Wildman–Crippen LogP) is 5.29. The van der Waals surface area contributed by atoms with Crippen LogP contribution in [0.3, 0.4) is 0 Å². The summed E-state index contributed by atoms with van der Waals surface area (Å²) in [6, 6.07) is 12.6. The smallest absolute Gasteiger partial charge is 0.231 e. The third-order valence-corrected chi connectivity index (χ3v) is 13.9. The minimum absolute atomic E-state index is 0.0180. The lowest BCUT2D eigenvalue weighted by Gasteiger charge is -2.40. The van der Waals surface area contributed by atoms with Crippen LogP contribution in [-0.4, -0.2) is 101 Å². The normalized spacial score (nSPS) is 29.7. The second-order valence-electron chi connectivity index (χ2n) is 21.2. The quantitative estimate of drug-likeness (QED) is 0.160. The van der Waals surface area contributed by atoms with E-state index < -0.39 is 22.3 Å². The molecule has 16 heteroatoms. The molecule has 8 rings (SSSR count). The second-order valence-corrected chi connectivity index (χ2v) is 21.2. The van der Waals surface area contributed by atoms with E-state index in [0.29, 0.717) is 76.2 Å². The Morgan fingerprint density at radius 1 is 0.815 bits per heavy atom. The number of hydrogen-bond acceptors (Lipinski definition) is 12. The highest BCUT2D eigenvalue weighted by molar-refractivity contribution is 6.00. The van der Waals surface area contributed by atoms with Gasteiger partial charge in [-0.2, -0.15) is 0 Å². The Morgan fingerprint density at radius 3 is 2.22 bits per heavy atom. The van der Waals surface area contributed by atoms with E-state index in [1.807, 2.05) is 84.0 Å². The first-order valence-electron chi connectivity index (χ1n) is 23.3. The summed E-state index contributed by atoms with van der Waals surface area (Å²) in [6.45, 7) is 14.9. The van der Waals surface area contributed by atoms with Crippen molar-refractivity contribution in [1.29, 1.82) is 0 Å². The predicted molar refractivity (Wildman–Crippen MR) is 245 cm³/mol. The lowest BCUT2D eigenvalue weighted by molar-refractivity contribution is -0.132. The van der Waals surface area contributed by atoms with Crippen LogP contribution in [0.25, 0.3) is 0 Å². The molecule has 0 bridgehead atoms. The molecule has 65 heavy (non-hydrogen) atoms. The van der Waals surface area contributed by atoms with Gasteiger partial charge < -0.3 is 41.0 Å². The lowest BCUT2D eigenvalue weighted by atomic mass is 9.85. The average molecular weight is 897 g/mol. The SMILES string of the molecule is COCC[C@H]([C@@H]1C[C@H]1C(=O)NC1CC(C)(C)Oc2cccc(OCCCC3(C)CC(NC(=O)[C@@H]4C[C@H]4CN4C(=O)CC(C)(C)N=C4N)c4ccccc4O3)c21)N1C(=O)CC(C)(C)N=C1N. The molecule has 2 aromatic rings. The van der Waals surface area contributed by atoms with Gasteiger partial charge in [-0.3, -0.25) is 29.0 Å². The number of nitrogens with zero attached hydrogens (tertiary/aromatic N) is 4. The number of methoxy groups -OCH3 is 1. The van der Waals surface area contributed by atoms with Crippen LogP contribution in [-0.2, 0) is 23.9 Å². The highest BCUT2D eigenvalue weighted by Crippen LogP contribution is 2.49. The Labute approximate surface area is 382 Å². The summed E-state index contributed by atoms with van der Waals surface area (Å²) in [7, 11) is 1.62. The molecule has 3 unspecified atom stereocenters. The molecule has 2 aliphatic carbocycles. The Balaban J connectivity index is 0.892. The molecule has 6 N–H and O–H groups in total. The number of para-hydroxylation sites is 1. The zero-order chi connectivity index (χ0) is 46.6. The van der Waals surface area contributed by atoms with Gasteiger partial charge in [0.25, 0.3) is 0 Å². The van der Waals surface area contributed by atoms with E-state index in [2.05, 4.69) is 27.5 Å². The van der Waals surface area contributed by atoms with E-state index in [1.54, 1.807) is 12.0 Å². The number of amides is 4. The first-order chi connectivity index (χ1) is 30.7. The molecule has 4 aliphatic heterocycles. The molecule has 0 spiro atoms. The van der Waals surface area contributed by atoms with Crippen molar-refractivity contribution in [1.82, 2.24) is 20.4 Å². The first kappa shape index (κ1) is 46.2. The van der Waals surface area contributed by atoms with Gasteiger partial charge in [0.2, 0.25) is 23.6 Å². The fourth-order valence-electron chi connectivity index (χ4n) is 10.6. The van der Waals surface area contributed by atoms with Crippen LogP contribution in [0.1, 0.15) is 129 Å². The minimum atomic E-state index is -0.593. The number of rotatable bonds is 16. The molecule has 4 heterocycles. The van der Waals surface area contributed by atoms with Crippen LogP contribution in [0.4, 0.5) is 0 Å². The molecule has 0 saturated heterocycles. The fraction of sp³-hybridized carbons (Fsp3) is 0.633. The zero-order valence-electron chi connectivity index (χ0n) is 39.3. The van der Waals surface area contributed by atoms with Gasteiger partial charge in [-0.05, 0) is 111 Å². The number of benzene rings is 2. The van der Waals surface area contributed by atoms with Crippen LogP contribution in [0.15, 0.2) is 52.4 Å². The minimum Gasteiger partial charge on any atom is -0.493 e. The number of nitrogens with two attached hydrogens (primary N) is 2. The third-order valence-electron chi connectivity index (χ3n) is 13.9. The zero-order valence-corrected chi connectivity index (χ0v) is 39.3. The molecule has 8 atom stereocenters. The standard InChI is InChI=1S/C49H68N8O8/c1-46(2)25-39(58)56(44(50)54-46)27-28-21-30(28)42(60)52-33-24-49(7,65-36-14-10-9-13-29(33)36)18-12-19-63-37-15-11-16-38-41(37)34(23-48(5,6)64-38)53-43(61)32-22-31(32)35(17-20-62-8)57-40(59)26-47(3,4)55-45(57)51/h9-11,13-16,28,30-35H,12,17-27H2,1-8H3,(H2,50,54)(H2,51,55)(H,52,60)(H,53,61)/t28-,30+,31+,32+,33?,34?,35+,49?/m0/s1. The van der Waals surface area contributed by atoms with Crippen LogP contribution in [0.2, 0.25) is 0 Å². The Bertz CT molecular complexity index is 2260. The maximum Gasteiger partial charge on any atom is 0.231 e. The number of hydrogen-bond donors (Lipinski definition) is 4. The van der Waals surface area contributed by atoms with E-state index in [0.717, 1.165) is 16.9 Å². The molecule has 2 aromatic carbocycles. The second kappa shape index (κ2) is 17.4. The molecule has 4 amide bonds. The number of nitrogens with one attached hydrogen (secondary N) is 2. The summed E-state index contributed by atoms with van der Waals surface area (Å²) in [4.78, 5) is 66.3. The highest BCUT2D eigenvalue weighted by atomic mass is 16.5. The van der Waals surface area contributed by atoms with Gasteiger partial charge in [-0.15, -0.1) is 0 Å². The van der Waals surface area contributed by atoms with Gasteiger partial charge in [0.1, 0.15) is 28.5 Å². The summed E-state index contributed by atoms with van der Waals surface area (Å²) in [6.07, 6.45) is 4.80. The van der Waals surface area contributed by atoms with Gasteiger partial charge in [0.05, 0.1) is 48.2 Å². The fourth-order valence-corrected chi connectivity index (χ4v) is 10.6. The van der Waals surface area contributed by atoms with E-state index in [9.17, 15) is 19.2 Å². The van der Waals surface area contributed by atoms with Crippen molar-refractivity contribution in [2.24, 2.45) is 45.1 Å². The number of aliphatic imine (C=N–C) groups is 2. The molecule has 2 saturated carbocycles. The molecular formula is C49H68N8O8. The third kappa shape index (κ3) is 10.2. The van der Waals surface area contributed by atoms with E-state index in [4.69, 9.17) is 30.4 Å². The van der Waals surface area contributed by atoms with Crippen molar-refractivity contribution < 1.29 is 38.1 Å². The lowest BCUT2D eigenvalue weighted by Crippen LogP contribution is -2.55. The molecule has 0 radical (unpaired) electrons. The largest absolute Gasteiger partial charge is 0.493 e. The number of ether oxygens (including phenoxy) is 4. The number of guanidine groups is 2. The Kier molecular flexibility index (Phi) is 12.4. The van der Waals surface area contributed by atoms with Gasteiger partial charge >= 0.3 is 0 Å². The van der Waals surface area contributed by atoms with Gasteiger partial charge in [-0.25, -0.2) is 9.98 Å². The molecule has 16 nitrogen and oxygen atoms in total. The van der Waals surface area contributed by atoms with Crippen molar-refractivity contribution in [2.75, 3.05) is 26.9 Å². The number of carbonyl (C=O) groups excluding carboxylic acids is 4. The van der Waals surface area contributed by atoms with Crippen molar-refractivity contribution in [2.45, 2.75) is 147 Å². The van der Waals surface area contributed by atoms with Crippen molar-refractivity contribution in [3.8, 4) is 17.2 Å². The first-order valence-corrected chi connectivity index (χ1v) is 23.3. The van der Waals surface area contributed by atoms with Gasteiger partial charge in [0.15, 0.2) is 11.9 Å². The van der Waals surface area contributed by atoms with Crippen LogP contribution in [0, 0.1) is 23.7 Å². The molecule has 0 aromatic heterocycles. The topological polar surface area (TPSA) is 213 Å². The molecule has 6 aliphatic rings. The van der Waals surface area contributed by atoms with E-state index >= 15 is 0 Å². The summed E-state index contributed by atoms with van der Waals surface area (Å²) >= 11 is 0. The molecular weight excluding hydrogens is 829 g/mol. The Morgan fingerprint density at radius 2 is 1.49 bits per heavy atom. The van der Waals surface area contributed by atoms with E-state index in [-0.39, 0.29) is 90.2 Å². The van der Waals surface area contributed by atoms with Gasteiger partial charge in [-0.1, -0.05) is 24.3 Å². The van der Waals surface area contributed by atoms with Crippen molar-refractivity contribution in [3.05, 3.63) is 53.6 Å². The average Bonchev–Trinajstić information content (AvgIpc) is 4.14. The maximum absolute atomic E-state index is 14.1.